The van der Waals surface area contributed by atoms with Crippen LogP contribution in [0.4, 0.5) is 0 Å². The number of halogens is 1. The van der Waals surface area contributed by atoms with Crippen LogP contribution >= 0.6 is 11.6 Å². The minimum atomic E-state index is -0.493. The first-order valence-electron chi connectivity index (χ1n) is 8.02. The largest absolute Gasteiger partial charge is 0.425 e. The molecule has 1 amide bonds. The van der Waals surface area contributed by atoms with Crippen LogP contribution in [0.1, 0.15) is 24.8 Å². The number of hydrogen-bond acceptors (Lipinski definition) is 4. The Bertz CT molecular complexity index is 805. The summed E-state index contributed by atoms with van der Waals surface area (Å²) in [7, 11) is 0. The third-order valence-corrected chi connectivity index (χ3v) is 4.11. The molecule has 0 fully saturated rings. The molecular formula is C19H17ClN2O3. The van der Waals surface area contributed by atoms with Crippen molar-refractivity contribution in [1.29, 1.82) is 0 Å². The number of amides is 1. The summed E-state index contributed by atoms with van der Waals surface area (Å²) >= 11 is 5.94. The van der Waals surface area contributed by atoms with Crippen LogP contribution < -0.4 is 4.74 Å². The van der Waals surface area contributed by atoms with Crippen LogP contribution in [0.2, 0.25) is 5.02 Å². The molecule has 1 heterocycles. The second-order valence-corrected chi connectivity index (χ2v) is 5.99. The molecule has 0 aromatic heterocycles. The normalized spacial score (nSPS) is 13.5. The molecule has 0 unspecified atom stereocenters. The second kappa shape index (κ2) is 7.94. The van der Waals surface area contributed by atoms with Gasteiger partial charge in [0, 0.05) is 12.8 Å². The van der Waals surface area contributed by atoms with E-state index < -0.39 is 5.97 Å². The summed E-state index contributed by atoms with van der Waals surface area (Å²) in [5.41, 5.74) is 1.89. The van der Waals surface area contributed by atoms with Gasteiger partial charge in [-0.25, -0.2) is 5.01 Å². The SMILES string of the molecule is O=C(CCC(=O)N1CCC(c2ccccc2)=N1)Oc1ccccc1Cl. The van der Waals surface area contributed by atoms with Crippen molar-refractivity contribution in [1.82, 2.24) is 5.01 Å². The summed E-state index contributed by atoms with van der Waals surface area (Å²) in [6.45, 7) is 0.530. The third kappa shape index (κ3) is 4.45. The maximum Gasteiger partial charge on any atom is 0.311 e. The van der Waals surface area contributed by atoms with Gasteiger partial charge >= 0.3 is 5.97 Å². The van der Waals surface area contributed by atoms with Gasteiger partial charge in [0.1, 0.15) is 5.75 Å². The zero-order valence-corrected chi connectivity index (χ0v) is 14.3. The highest BCUT2D eigenvalue weighted by atomic mass is 35.5. The Labute approximate surface area is 150 Å². The molecule has 2 aromatic carbocycles. The lowest BCUT2D eigenvalue weighted by Gasteiger charge is -2.11. The fourth-order valence-electron chi connectivity index (χ4n) is 2.51. The molecule has 3 rings (SSSR count). The Kier molecular flexibility index (Phi) is 5.46. The number of hydrazone groups is 1. The molecule has 0 saturated heterocycles. The molecule has 25 heavy (non-hydrogen) atoms. The standard InChI is InChI=1S/C19H17ClN2O3/c20-15-8-4-5-9-17(15)25-19(24)11-10-18(23)22-13-12-16(21-22)14-6-2-1-3-7-14/h1-9H,10-13H2. The van der Waals surface area contributed by atoms with Crippen LogP contribution in [-0.4, -0.2) is 29.1 Å². The Morgan fingerprint density at radius 2 is 1.76 bits per heavy atom. The Morgan fingerprint density at radius 3 is 2.52 bits per heavy atom. The maximum atomic E-state index is 12.2. The van der Waals surface area contributed by atoms with Gasteiger partial charge in [-0.2, -0.15) is 5.10 Å². The van der Waals surface area contributed by atoms with E-state index in [1.807, 2.05) is 30.3 Å². The van der Waals surface area contributed by atoms with E-state index in [1.54, 1.807) is 24.3 Å². The molecular weight excluding hydrogens is 340 g/mol. The Morgan fingerprint density at radius 1 is 1.04 bits per heavy atom. The van der Waals surface area contributed by atoms with E-state index >= 15 is 0 Å². The van der Waals surface area contributed by atoms with Gasteiger partial charge < -0.3 is 4.74 Å². The molecule has 128 valence electrons. The lowest BCUT2D eigenvalue weighted by atomic mass is 10.1. The summed E-state index contributed by atoms with van der Waals surface area (Å²) in [4.78, 5) is 24.1. The first-order chi connectivity index (χ1) is 12.1. The molecule has 1 aliphatic rings. The van der Waals surface area contributed by atoms with Crippen molar-refractivity contribution in [3.63, 3.8) is 0 Å². The van der Waals surface area contributed by atoms with Crippen molar-refractivity contribution >= 4 is 29.2 Å². The summed E-state index contributed by atoms with van der Waals surface area (Å²) in [5.74, 6) is -0.387. The number of para-hydroxylation sites is 1. The Balaban J connectivity index is 1.52. The zero-order valence-electron chi connectivity index (χ0n) is 13.5. The lowest BCUT2D eigenvalue weighted by Crippen LogP contribution is -2.24. The number of carbonyl (C=O) groups is 2. The van der Waals surface area contributed by atoms with Crippen molar-refractivity contribution in [3.8, 4) is 5.75 Å². The molecule has 5 nitrogen and oxygen atoms in total. The highest BCUT2D eigenvalue weighted by Gasteiger charge is 2.22. The topological polar surface area (TPSA) is 59.0 Å². The van der Waals surface area contributed by atoms with Gasteiger partial charge in [0.2, 0.25) is 5.91 Å². The molecule has 0 bridgehead atoms. The van der Waals surface area contributed by atoms with Gasteiger partial charge in [0.25, 0.3) is 0 Å². The van der Waals surface area contributed by atoms with Crippen LogP contribution in [0.5, 0.6) is 5.75 Å². The van der Waals surface area contributed by atoms with E-state index in [0.717, 1.165) is 11.3 Å². The van der Waals surface area contributed by atoms with Crippen LogP contribution in [0.25, 0.3) is 0 Å². The quantitative estimate of drug-likeness (QED) is 0.606. The average Bonchev–Trinajstić information content (AvgIpc) is 3.13. The molecule has 6 heteroatoms. The number of carbonyl (C=O) groups excluding carboxylic acids is 2. The van der Waals surface area contributed by atoms with Crippen LogP contribution in [0.15, 0.2) is 59.7 Å². The van der Waals surface area contributed by atoms with Crippen LogP contribution in [0, 0.1) is 0 Å². The second-order valence-electron chi connectivity index (χ2n) is 5.58. The van der Waals surface area contributed by atoms with Crippen molar-refractivity contribution in [2.24, 2.45) is 5.10 Å². The summed E-state index contributed by atoms with van der Waals surface area (Å²) in [6.07, 6.45) is 0.741. The van der Waals surface area contributed by atoms with Crippen molar-refractivity contribution in [2.45, 2.75) is 19.3 Å². The van der Waals surface area contributed by atoms with Gasteiger partial charge in [0.05, 0.1) is 23.7 Å². The molecule has 0 saturated carbocycles. The number of hydrogen-bond donors (Lipinski definition) is 0. The molecule has 0 spiro atoms. The van der Waals surface area contributed by atoms with E-state index in [2.05, 4.69) is 5.10 Å². The van der Waals surface area contributed by atoms with E-state index in [1.165, 1.54) is 5.01 Å². The number of benzene rings is 2. The highest BCUT2D eigenvalue weighted by molar-refractivity contribution is 6.32. The van der Waals surface area contributed by atoms with E-state index in [4.69, 9.17) is 16.3 Å². The minimum Gasteiger partial charge on any atom is -0.425 e. The van der Waals surface area contributed by atoms with Crippen molar-refractivity contribution < 1.29 is 14.3 Å². The molecule has 2 aromatic rings. The predicted octanol–water partition coefficient (Wildman–Crippen LogP) is 3.66. The van der Waals surface area contributed by atoms with Crippen molar-refractivity contribution in [3.05, 3.63) is 65.2 Å². The minimum absolute atomic E-state index is 0.0171. The van der Waals surface area contributed by atoms with Gasteiger partial charge in [0.15, 0.2) is 0 Å². The summed E-state index contributed by atoms with van der Waals surface area (Å²) < 4.78 is 5.17. The van der Waals surface area contributed by atoms with E-state index in [-0.39, 0.29) is 18.7 Å². The van der Waals surface area contributed by atoms with Gasteiger partial charge in [-0.1, -0.05) is 54.1 Å². The number of esters is 1. The van der Waals surface area contributed by atoms with Crippen molar-refractivity contribution in [2.75, 3.05) is 6.54 Å². The highest BCUT2D eigenvalue weighted by Crippen LogP contribution is 2.23. The monoisotopic (exact) mass is 356 g/mol. The van der Waals surface area contributed by atoms with Gasteiger partial charge in [-0.3, -0.25) is 9.59 Å². The number of ether oxygens (including phenoxy) is 1. The van der Waals surface area contributed by atoms with Gasteiger partial charge in [-0.15, -0.1) is 0 Å². The zero-order chi connectivity index (χ0) is 17.6. The van der Waals surface area contributed by atoms with Crippen LogP contribution in [0.3, 0.4) is 0 Å². The predicted molar refractivity (Wildman–Crippen MR) is 95.6 cm³/mol. The van der Waals surface area contributed by atoms with E-state index in [9.17, 15) is 9.59 Å². The first kappa shape index (κ1) is 17.2. The van der Waals surface area contributed by atoms with Gasteiger partial charge in [-0.05, 0) is 17.7 Å². The van der Waals surface area contributed by atoms with Crippen LogP contribution in [-0.2, 0) is 9.59 Å². The summed E-state index contributed by atoms with van der Waals surface area (Å²) in [5, 5.41) is 6.14. The third-order valence-electron chi connectivity index (χ3n) is 3.80. The fraction of sp³-hybridized carbons (Fsp3) is 0.211. The smallest absolute Gasteiger partial charge is 0.311 e. The summed E-state index contributed by atoms with van der Waals surface area (Å²) in [6, 6.07) is 16.5. The molecule has 0 N–H and O–H groups in total. The first-order valence-corrected chi connectivity index (χ1v) is 8.40. The lowest BCUT2D eigenvalue weighted by molar-refractivity contribution is -0.138. The molecule has 0 radical (unpaired) electrons. The Hall–Kier alpha value is -2.66. The average molecular weight is 357 g/mol. The van der Waals surface area contributed by atoms with E-state index in [0.29, 0.717) is 23.7 Å². The fourth-order valence-corrected chi connectivity index (χ4v) is 2.68. The number of rotatable bonds is 5. The number of nitrogens with zero attached hydrogens (tertiary/aromatic N) is 2. The maximum absolute atomic E-state index is 12.2. The molecule has 0 atom stereocenters. The molecule has 1 aliphatic heterocycles. The molecule has 0 aliphatic carbocycles.